The second kappa shape index (κ2) is 11.4. The number of benzene rings is 3. The Bertz CT molecular complexity index is 1290. The molecule has 8 heteroatoms. The van der Waals surface area contributed by atoms with E-state index < -0.39 is 0 Å². The highest BCUT2D eigenvalue weighted by Gasteiger charge is 2.32. The lowest BCUT2D eigenvalue weighted by Crippen LogP contribution is -2.27. The van der Waals surface area contributed by atoms with Gasteiger partial charge in [0, 0.05) is 5.56 Å². The Labute approximate surface area is 222 Å². The smallest absolute Gasteiger partial charge is 0.266 e. The monoisotopic (exact) mass is 571 g/mol. The van der Waals surface area contributed by atoms with Crippen LogP contribution in [0.25, 0.3) is 6.08 Å². The van der Waals surface area contributed by atoms with Crippen molar-refractivity contribution in [3.8, 4) is 11.5 Å². The van der Waals surface area contributed by atoms with Crippen molar-refractivity contribution in [1.82, 2.24) is 4.90 Å². The van der Waals surface area contributed by atoms with Gasteiger partial charge in [-0.15, -0.1) is 0 Å². The van der Waals surface area contributed by atoms with E-state index in [-0.39, 0.29) is 18.3 Å². The summed E-state index contributed by atoms with van der Waals surface area (Å²) in [4.78, 5) is 15.2. The summed E-state index contributed by atoms with van der Waals surface area (Å²) in [6.07, 6.45) is 1.79. The molecule has 0 unspecified atom stereocenters. The molecule has 3 aromatic rings. The molecule has 0 saturated carbocycles. The van der Waals surface area contributed by atoms with Crippen LogP contribution in [0.5, 0.6) is 11.5 Å². The molecule has 1 fully saturated rings. The summed E-state index contributed by atoms with van der Waals surface area (Å²) < 4.78 is 26.9. The van der Waals surface area contributed by atoms with Crippen molar-refractivity contribution < 1.29 is 18.7 Å². The second-order valence-electron chi connectivity index (χ2n) is 7.90. The molecule has 0 aliphatic carbocycles. The van der Waals surface area contributed by atoms with Crippen molar-refractivity contribution in [2.24, 2.45) is 0 Å². The molecule has 0 N–H and O–H groups in total. The quantitative estimate of drug-likeness (QED) is 0.210. The second-order valence-corrected chi connectivity index (χ2v) is 10.4. The van der Waals surface area contributed by atoms with Crippen LogP contribution >= 0.6 is 39.9 Å². The molecule has 0 atom stereocenters. The first-order chi connectivity index (χ1) is 16.9. The highest BCUT2D eigenvalue weighted by Crippen LogP contribution is 2.40. The maximum absolute atomic E-state index is 14.0. The zero-order chi connectivity index (χ0) is 24.9. The molecule has 1 aliphatic heterocycles. The molecule has 1 heterocycles. The standard InChI is InChI=1S/C27H23BrFNO3S2/c1-3-32-23-13-19(12-21(28)25(23)33-16-20-6-4-5-7-22(20)29)14-24-26(31)30(27(34)35-24)15-18-10-8-17(2)9-11-18/h4-14H,3,15-16H2,1-2H3/b24-14-. The average molecular weight is 573 g/mol. The van der Waals surface area contributed by atoms with Crippen LogP contribution in [-0.2, 0) is 17.9 Å². The predicted octanol–water partition coefficient (Wildman–Crippen LogP) is 7.28. The SMILES string of the molecule is CCOc1cc(/C=C2\SC(=S)N(Cc3ccc(C)cc3)C2=O)cc(Br)c1OCc1ccccc1F. The van der Waals surface area contributed by atoms with E-state index in [1.165, 1.54) is 17.8 Å². The van der Waals surface area contributed by atoms with Crippen molar-refractivity contribution in [3.05, 3.63) is 98.1 Å². The molecule has 3 aromatic carbocycles. The molecule has 1 saturated heterocycles. The normalized spacial score (nSPS) is 14.6. The molecule has 0 radical (unpaired) electrons. The Morgan fingerprint density at radius 3 is 2.57 bits per heavy atom. The highest BCUT2D eigenvalue weighted by molar-refractivity contribution is 9.10. The van der Waals surface area contributed by atoms with Gasteiger partial charge in [0.25, 0.3) is 5.91 Å². The lowest BCUT2D eigenvalue weighted by atomic mass is 10.1. The summed E-state index contributed by atoms with van der Waals surface area (Å²) in [5.74, 6) is 0.513. The number of aryl methyl sites for hydroxylation is 1. The summed E-state index contributed by atoms with van der Waals surface area (Å²) >= 11 is 10.3. The minimum Gasteiger partial charge on any atom is -0.490 e. The zero-order valence-corrected chi connectivity index (χ0v) is 22.4. The number of hydrogen-bond acceptors (Lipinski definition) is 5. The van der Waals surface area contributed by atoms with Gasteiger partial charge in [-0.05, 0) is 65.2 Å². The van der Waals surface area contributed by atoms with Crippen molar-refractivity contribution in [1.29, 1.82) is 0 Å². The van der Waals surface area contributed by atoms with E-state index in [2.05, 4.69) is 15.9 Å². The first-order valence-corrected chi connectivity index (χ1v) is 13.0. The molecular formula is C27H23BrFNO3S2. The van der Waals surface area contributed by atoms with E-state index in [0.29, 0.717) is 43.9 Å². The molecule has 180 valence electrons. The van der Waals surface area contributed by atoms with Gasteiger partial charge in [-0.1, -0.05) is 72.0 Å². The van der Waals surface area contributed by atoms with E-state index >= 15 is 0 Å². The van der Waals surface area contributed by atoms with Gasteiger partial charge >= 0.3 is 0 Å². The summed E-state index contributed by atoms with van der Waals surface area (Å²) in [6, 6.07) is 18.2. The fourth-order valence-electron chi connectivity index (χ4n) is 3.50. The van der Waals surface area contributed by atoms with E-state index in [9.17, 15) is 9.18 Å². The molecule has 1 aliphatic rings. The average Bonchev–Trinajstić information content (AvgIpc) is 3.08. The van der Waals surface area contributed by atoms with E-state index in [1.54, 1.807) is 35.2 Å². The number of hydrogen-bond donors (Lipinski definition) is 0. The van der Waals surface area contributed by atoms with Crippen LogP contribution in [0.15, 0.2) is 70.0 Å². The third-order valence-corrected chi connectivity index (χ3v) is 7.26. The van der Waals surface area contributed by atoms with Gasteiger partial charge in [0.05, 0.1) is 22.5 Å². The third-order valence-electron chi connectivity index (χ3n) is 5.29. The number of carbonyl (C=O) groups excluding carboxylic acids is 1. The van der Waals surface area contributed by atoms with Gasteiger partial charge in [0.2, 0.25) is 0 Å². The van der Waals surface area contributed by atoms with Crippen molar-refractivity contribution >= 4 is 56.2 Å². The van der Waals surface area contributed by atoms with E-state index in [0.717, 1.165) is 16.7 Å². The van der Waals surface area contributed by atoms with Crippen molar-refractivity contribution in [3.63, 3.8) is 0 Å². The maximum Gasteiger partial charge on any atom is 0.266 e. The largest absolute Gasteiger partial charge is 0.490 e. The summed E-state index contributed by atoms with van der Waals surface area (Å²) in [7, 11) is 0. The van der Waals surface area contributed by atoms with Crippen LogP contribution in [0.1, 0.15) is 29.2 Å². The van der Waals surface area contributed by atoms with E-state index in [1.807, 2.05) is 44.2 Å². The zero-order valence-electron chi connectivity index (χ0n) is 19.2. The fraction of sp³-hybridized carbons (Fsp3) is 0.185. The van der Waals surface area contributed by atoms with Crippen LogP contribution in [0.4, 0.5) is 4.39 Å². The summed E-state index contributed by atoms with van der Waals surface area (Å²) in [5.41, 5.74) is 3.39. The molecule has 1 amide bonds. The number of thiocarbonyl (C=S) groups is 1. The lowest BCUT2D eigenvalue weighted by Gasteiger charge is -2.15. The number of rotatable bonds is 8. The Balaban J connectivity index is 1.55. The van der Waals surface area contributed by atoms with Gasteiger partial charge in [0.15, 0.2) is 11.5 Å². The van der Waals surface area contributed by atoms with Crippen LogP contribution in [0.2, 0.25) is 0 Å². The number of halogens is 2. The Morgan fingerprint density at radius 2 is 1.86 bits per heavy atom. The van der Waals surface area contributed by atoms with Gasteiger partial charge in [-0.2, -0.15) is 0 Å². The van der Waals surface area contributed by atoms with Crippen molar-refractivity contribution in [2.75, 3.05) is 6.61 Å². The molecule has 0 aromatic heterocycles. The first kappa shape index (κ1) is 25.4. The fourth-order valence-corrected chi connectivity index (χ4v) is 5.33. The number of amides is 1. The molecule has 4 rings (SSSR count). The highest BCUT2D eigenvalue weighted by atomic mass is 79.9. The van der Waals surface area contributed by atoms with Gasteiger partial charge < -0.3 is 9.47 Å². The Kier molecular flexibility index (Phi) is 8.26. The number of carbonyl (C=O) groups is 1. The number of thioether (sulfide) groups is 1. The Morgan fingerprint density at radius 1 is 1.11 bits per heavy atom. The first-order valence-electron chi connectivity index (χ1n) is 11.0. The third kappa shape index (κ3) is 6.12. The molecule has 0 bridgehead atoms. The van der Waals surface area contributed by atoms with Gasteiger partial charge in [-0.3, -0.25) is 9.69 Å². The van der Waals surface area contributed by atoms with E-state index in [4.69, 9.17) is 21.7 Å². The van der Waals surface area contributed by atoms with Crippen LogP contribution in [0.3, 0.4) is 0 Å². The van der Waals surface area contributed by atoms with Gasteiger partial charge in [0.1, 0.15) is 16.7 Å². The van der Waals surface area contributed by atoms with Crippen molar-refractivity contribution in [2.45, 2.75) is 27.0 Å². The Hall–Kier alpha value is -2.68. The predicted molar refractivity (Wildman–Crippen MR) is 146 cm³/mol. The van der Waals surface area contributed by atoms with Crippen LogP contribution in [0, 0.1) is 12.7 Å². The lowest BCUT2D eigenvalue weighted by molar-refractivity contribution is -0.122. The van der Waals surface area contributed by atoms with Crippen LogP contribution in [-0.4, -0.2) is 21.7 Å². The molecular weight excluding hydrogens is 549 g/mol. The molecule has 4 nitrogen and oxygen atoms in total. The minimum atomic E-state index is -0.328. The molecule has 0 spiro atoms. The van der Waals surface area contributed by atoms with Crippen LogP contribution < -0.4 is 9.47 Å². The summed E-state index contributed by atoms with van der Waals surface area (Å²) in [6.45, 7) is 4.81. The summed E-state index contributed by atoms with van der Waals surface area (Å²) in [5, 5.41) is 0. The molecule has 35 heavy (non-hydrogen) atoms. The minimum absolute atomic E-state index is 0.0579. The number of nitrogens with zero attached hydrogens (tertiary/aromatic N) is 1. The van der Waals surface area contributed by atoms with Gasteiger partial charge in [-0.25, -0.2) is 4.39 Å². The maximum atomic E-state index is 14.0. The number of ether oxygens (including phenoxy) is 2. The topological polar surface area (TPSA) is 38.8 Å².